The van der Waals surface area contributed by atoms with E-state index in [9.17, 15) is 8.42 Å². The first kappa shape index (κ1) is 16.5. The zero-order valence-corrected chi connectivity index (χ0v) is 14.0. The molecule has 1 heterocycles. The minimum Gasteiger partial charge on any atom is -0.369 e. The SMILES string of the molecule is O=S(=O)(O)[CH]Nc1ccc(N2CCN(C3CCCC3)CC2)cc1. The van der Waals surface area contributed by atoms with Crippen molar-refractivity contribution in [2.75, 3.05) is 36.4 Å². The molecule has 6 nitrogen and oxygen atoms in total. The summed E-state index contributed by atoms with van der Waals surface area (Å²) in [5.41, 5.74) is 1.78. The summed E-state index contributed by atoms with van der Waals surface area (Å²) in [6.07, 6.45) is 5.45. The van der Waals surface area contributed by atoms with Gasteiger partial charge in [-0.15, -0.1) is 0 Å². The molecule has 2 N–H and O–H groups in total. The fourth-order valence-electron chi connectivity index (χ4n) is 3.53. The van der Waals surface area contributed by atoms with E-state index in [0.29, 0.717) is 11.6 Å². The molecule has 1 radical (unpaired) electrons. The van der Waals surface area contributed by atoms with Crippen molar-refractivity contribution in [2.24, 2.45) is 0 Å². The second-order valence-corrected chi connectivity index (χ2v) is 7.55. The van der Waals surface area contributed by atoms with Crippen LogP contribution in [0.1, 0.15) is 25.7 Å². The van der Waals surface area contributed by atoms with Gasteiger partial charge < -0.3 is 10.2 Å². The summed E-state index contributed by atoms with van der Waals surface area (Å²) >= 11 is 0. The largest absolute Gasteiger partial charge is 0.369 e. The van der Waals surface area contributed by atoms with E-state index in [0.717, 1.165) is 37.9 Å². The fourth-order valence-corrected chi connectivity index (χ4v) is 3.81. The van der Waals surface area contributed by atoms with Gasteiger partial charge in [-0.2, -0.15) is 8.42 Å². The highest BCUT2D eigenvalue weighted by Crippen LogP contribution is 2.26. The van der Waals surface area contributed by atoms with Crippen LogP contribution in [0.2, 0.25) is 0 Å². The van der Waals surface area contributed by atoms with E-state index in [2.05, 4.69) is 15.1 Å². The highest BCUT2D eigenvalue weighted by molar-refractivity contribution is 7.87. The molecule has 2 fully saturated rings. The molecule has 2 aliphatic rings. The van der Waals surface area contributed by atoms with Crippen LogP contribution in [0.3, 0.4) is 0 Å². The maximum Gasteiger partial charge on any atom is 0.289 e. The van der Waals surface area contributed by atoms with Crippen molar-refractivity contribution < 1.29 is 13.0 Å². The van der Waals surface area contributed by atoms with Crippen LogP contribution >= 0.6 is 0 Å². The van der Waals surface area contributed by atoms with Crippen LogP contribution in [-0.4, -0.2) is 50.1 Å². The third-order valence-corrected chi connectivity index (χ3v) is 5.18. The Kier molecular flexibility index (Phi) is 5.08. The van der Waals surface area contributed by atoms with E-state index in [1.165, 1.54) is 25.7 Å². The van der Waals surface area contributed by atoms with Crippen molar-refractivity contribution in [3.8, 4) is 0 Å². The lowest BCUT2D eigenvalue weighted by atomic mass is 10.1. The van der Waals surface area contributed by atoms with E-state index in [1.807, 2.05) is 24.3 Å². The molecule has 1 saturated carbocycles. The number of nitrogens with one attached hydrogen (secondary N) is 1. The molecular formula is C16H24N3O3S. The summed E-state index contributed by atoms with van der Waals surface area (Å²) in [6.45, 7) is 4.28. The lowest BCUT2D eigenvalue weighted by Gasteiger charge is -2.39. The second kappa shape index (κ2) is 7.07. The summed E-state index contributed by atoms with van der Waals surface area (Å²) in [7, 11) is -4.12. The van der Waals surface area contributed by atoms with Crippen molar-refractivity contribution >= 4 is 21.5 Å². The van der Waals surface area contributed by atoms with Crippen LogP contribution in [0, 0.1) is 5.88 Å². The number of nitrogens with zero attached hydrogens (tertiary/aromatic N) is 2. The number of anilines is 2. The van der Waals surface area contributed by atoms with Gasteiger partial charge >= 0.3 is 0 Å². The number of hydrogen-bond donors (Lipinski definition) is 2. The molecule has 23 heavy (non-hydrogen) atoms. The minimum absolute atomic E-state index is 0.635. The van der Waals surface area contributed by atoms with Gasteiger partial charge in [0.05, 0.1) is 0 Å². The number of benzene rings is 1. The Morgan fingerprint density at radius 1 is 1.04 bits per heavy atom. The Labute approximate surface area is 138 Å². The number of piperazine rings is 1. The smallest absolute Gasteiger partial charge is 0.289 e. The summed E-state index contributed by atoms with van der Waals surface area (Å²) < 4.78 is 30.1. The fraction of sp³-hybridized carbons (Fsp3) is 0.562. The first-order chi connectivity index (χ1) is 11.0. The second-order valence-electron chi connectivity index (χ2n) is 6.29. The predicted octanol–water partition coefficient (Wildman–Crippen LogP) is 2.17. The molecule has 0 unspecified atom stereocenters. The molecule has 127 valence electrons. The first-order valence-electron chi connectivity index (χ1n) is 8.17. The quantitative estimate of drug-likeness (QED) is 0.802. The molecule has 1 aromatic rings. The molecule has 7 heteroatoms. The highest BCUT2D eigenvalue weighted by Gasteiger charge is 2.26. The average molecular weight is 338 g/mol. The Morgan fingerprint density at radius 3 is 2.22 bits per heavy atom. The van der Waals surface area contributed by atoms with E-state index in [4.69, 9.17) is 4.55 Å². The van der Waals surface area contributed by atoms with Gasteiger partial charge in [-0.3, -0.25) is 9.45 Å². The molecule has 0 atom stereocenters. The van der Waals surface area contributed by atoms with Gasteiger partial charge in [0.25, 0.3) is 10.1 Å². The van der Waals surface area contributed by atoms with Gasteiger partial charge in [0.1, 0.15) is 0 Å². The predicted molar refractivity (Wildman–Crippen MR) is 92.0 cm³/mol. The van der Waals surface area contributed by atoms with Crippen LogP contribution < -0.4 is 10.2 Å². The van der Waals surface area contributed by atoms with Crippen LogP contribution in [0.4, 0.5) is 11.4 Å². The van der Waals surface area contributed by atoms with Gasteiger partial charge in [0.15, 0.2) is 5.88 Å². The van der Waals surface area contributed by atoms with Gasteiger partial charge in [-0.05, 0) is 37.1 Å². The third kappa shape index (κ3) is 4.59. The molecular weight excluding hydrogens is 314 g/mol. The van der Waals surface area contributed by atoms with E-state index >= 15 is 0 Å². The highest BCUT2D eigenvalue weighted by atomic mass is 32.2. The molecule has 0 spiro atoms. The maximum absolute atomic E-state index is 10.7. The Morgan fingerprint density at radius 2 is 1.65 bits per heavy atom. The van der Waals surface area contributed by atoms with Crippen LogP contribution in [0.15, 0.2) is 24.3 Å². The van der Waals surface area contributed by atoms with Gasteiger partial charge in [0, 0.05) is 43.6 Å². The standard InChI is InChI=1S/C16H24N3O3S/c20-23(21,22)13-17-14-5-7-16(8-6-14)19-11-9-18(10-12-19)15-3-1-2-4-15/h5-8,13,15,17H,1-4,9-12H2,(H,20,21,22). The molecule has 0 amide bonds. The molecule has 1 aliphatic heterocycles. The van der Waals surface area contributed by atoms with Crippen molar-refractivity contribution in [2.45, 2.75) is 31.7 Å². The minimum atomic E-state index is -4.12. The van der Waals surface area contributed by atoms with Gasteiger partial charge in [-0.1, -0.05) is 12.8 Å². The summed E-state index contributed by atoms with van der Waals surface area (Å²) in [6, 6.07) is 8.39. The number of hydrogen-bond acceptors (Lipinski definition) is 5. The Hall–Kier alpha value is -1.31. The Bertz CT molecular complexity index is 604. The molecule has 0 bridgehead atoms. The van der Waals surface area contributed by atoms with E-state index in [1.54, 1.807) is 0 Å². The van der Waals surface area contributed by atoms with E-state index in [-0.39, 0.29) is 0 Å². The summed E-state index contributed by atoms with van der Waals surface area (Å²) in [5, 5.41) is 2.57. The normalized spacial score (nSPS) is 20.8. The first-order valence-corrected chi connectivity index (χ1v) is 9.68. The lowest BCUT2D eigenvalue weighted by molar-refractivity contribution is 0.187. The molecule has 3 rings (SSSR count). The third-order valence-electron chi connectivity index (χ3n) is 4.76. The van der Waals surface area contributed by atoms with Crippen molar-refractivity contribution in [1.29, 1.82) is 0 Å². The van der Waals surface area contributed by atoms with Crippen LogP contribution in [0.25, 0.3) is 0 Å². The van der Waals surface area contributed by atoms with Gasteiger partial charge in [-0.25, -0.2) is 0 Å². The molecule has 1 aromatic carbocycles. The Balaban J connectivity index is 1.52. The summed E-state index contributed by atoms with van der Waals surface area (Å²) in [4.78, 5) is 4.99. The van der Waals surface area contributed by atoms with E-state index < -0.39 is 10.1 Å². The zero-order chi connectivity index (χ0) is 16.3. The lowest BCUT2D eigenvalue weighted by Crippen LogP contribution is -2.49. The monoisotopic (exact) mass is 338 g/mol. The van der Waals surface area contributed by atoms with Crippen LogP contribution in [-0.2, 0) is 10.1 Å². The maximum atomic E-state index is 10.7. The van der Waals surface area contributed by atoms with Crippen molar-refractivity contribution in [3.05, 3.63) is 30.1 Å². The molecule has 0 aromatic heterocycles. The average Bonchev–Trinajstić information content (AvgIpc) is 3.07. The van der Waals surface area contributed by atoms with Crippen molar-refractivity contribution in [3.63, 3.8) is 0 Å². The number of rotatable bonds is 5. The molecule has 1 aliphatic carbocycles. The summed E-state index contributed by atoms with van der Waals surface area (Å²) in [5.74, 6) is 0.683. The van der Waals surface area contributed by atoms with Gasteiger partial charge in [0.2, 0.25) is 0 Å². The molecule has 1 saturated heterocycles. The van der Waals surface area contributed by atoms with Crippen molar-refractivity contribution in [1.82, 2.24) is 4.90 Å². The topological polar surface area (TPSA) is 72.9 Å². The van der Waals surface area contributed by atoms with Crippen LogP contribution in [0.5, 0.6) is 0 Å². The zero-order valence-electron chi connectivity index (χ0n) is 13.2.